The van der Waals surface area contributed by atoms with Crippen molar-refractivity contribution in [1.29, 1.82) is 0 Å². The number of nitrogens with zero attached hydrogens (tertiary/aromatic N) is 4. The standard InChI is InChI=1S/C25H31F2N5OS/c26-17-11-19(27)20(28-12-17)13-29-22(33)21-14-30-23(34-21)31-8-1-3-18(4-10-31)32-9-2-5-25(16-32)15-24(25)6-7-24/h11-12,14,18H,1-10,13,15-16H2,(H,29,33). The molecule has 2 saturated heterocycles. The molecule has 6 nitrogen and oxygen atoms in total. The largest absolute Gasteiger partial charge is 0.348 e. The minimum absolute atomic E-state index is 0.0105. The number of anilines is 1. The second-order valence-corrected chi connectivity index (χ2v) is 11.7. The highest BCUT2D eigenvalue weighted by atomic mass is 32.1. The van der Waals surface area contributed by atoms with E-state index in [-0.39, 0.29) is 18.1 Å². The zero-order valence-corrected chi connectivity index (χ0v) is 20.2. The molecule has 1 N–H and O–H groups in total. The fourth-order valence-electron chi connectivity index (χ4n) is 6.49. The van der Waals surface area contributed by atoms with Crippen LogP contribution in [0.5, 0.6) is 0 Å². The summed E-state index contributed by atoms with van der Waals surface area (Å²) in [4.78, 5) is 26.4. The number of nitrogens with one attached hydrogen (secondary N) is 1. The van der Waals surface area contributed by atoms with Gasteiger partial charge in [0.2, 0.25) is 0 Å². The Balaban J connectivity index is 1.04. The summed E-state index contributed by atoms with van der Waals surface area (Å²) in [5, 5.41) is 3.53. The van der Waals surface area contributed by atoms with E-state index in [2.05, 4.69) is 25.1 Å². The van der Waals surface area contributed by atoms with Crippen LogP contribution in [0.1, 0.15) is 66.7 Å². The molecule has 2 unspecified atom stereocenters. The van der Waals surface area contributed by atoms with Crippen LogP contribution >= 0.6 is 11.3 Å². The molecule has 4 aliphatic rings. The maximum atomic E-state index is 13.8. The normalized spacial score (nSPS) is 28.2. The van der Waals surface area contributed by atoms with Crippen LogP contribution in [0.25, 0.3) is 0 Å². The number of amides is 1. The molecule has 2 aliphatic carbocycles. The average Bonchev–Trinajstić information content (AvgIpc) is 3.68. The molecular weight excluding hydrogens is 456 g/mol. The summed E-state index contributed by atoms with van der Waals surface area (Å²) in [7, 11) is 0. The van der Waals surface area contributed by atoms with Crippen LogP contribution < -0.4 is 10.2 Å². The van der Waals surface area contributed by atoms with Gasteiger partial charge in [0.25, 0.3) is 5.91 Å². The minimum Gasteiger partial charge on any atom is -0.348 e. The Morgan fingerprint density at radius 3 is 2.76 bits per heavy atom. The van der Waals surface area contributed by atoms with Crippen molar-refractivity contribution >= 4 is 22.4 Å². The highest BCUT2D eigenvalue weighted by molar-refractivity contribution is 7.17. The summed E-state index contributed by atoms with van der Waals surface area (Å²) < 4.78 is 26.8. The monoisotopic (exact) mass is 487 g/mol. The van der Waals surface area contributed by atoms with Crippen LogP contribution in [0.4, 0.5) is 13.9 Å². The quantitative estimate of drug-likeness (QED) is 0.679. The maximum Gasteiger partial charge on any atom is 0.263 e. The van der Waals surface area contributed by atoms with Crippen LogP contribution in [-0.2, 0) is 6.54 Å². The number of halogens is 2. The lowest BCUT2D eigenvalue weighted by atomic mass is 9.89. The van der Waals surface area contributed by atoms with Gasteiger partial charge in [-0.2, -0.15) is 0 Å². The lowest BCUT2D eigenvalue weighted by Crippen LogP contribution is -2.44. The smallest absolute Gasteiger partial charge is 0.263 e. The first-order valence-corrected chi connectivity index (χ1v) is 13.3. The second-order valence-electron chi connectivity index (χ2n) is 10.7. The van der Waals surface area contributed by atoms with E-state index < -0.39 is 11.6 Å². The number of carbonyl (C=O) groups is 1. The lowest BCUT2D eigenvalue weighted by molar-refractivity contribution is 0.0945. The highest BCUT2D eigenvalue weighted by Crippen LogP contribution is 2.80. The summed E-state index contributed by atoms with van der Waals surface area (Å²) in [5.41, 5.74) is 1.41. The number of pyridine rings is 1. The summed E-state index contributed by atoms with van der Waals surface area (Å²) in [6, 6.07) is 1.42. The number of thiazole rings is 1. The van der Waals surface area contributed by atoms with Gasteiger partial charge >= 0.3 is 0 Å². The molecule has 2 aromatic heterocycles. The zero-order valence-electron chi connectivity index (χ0n) is 19.4. The van der Waals surface area contributed by atoms with E-state index in [1.807, 2.05) is 0 Å². The first-order chi connectivity index (χ1) is 16.5. The maximum absolute atomic E-state index is 13.8. The molecule has 0 radical (unpaired) electrons. The van der Waals surface area contributed by atoms with E-state index in [0.717, 1.165) is 48.7 Å². The predicted octanol–water partition coefficient (Wildman–Crippen LogP) is 4.37. The minimum atomic E-state index is -0.766. The fraction of sp³-hybridized carbons (Fsp3) is 0.640. The zero-order chi connectivity index (χ0) is 23.3. The predicted molar refractivity (Wildman–Crippen MR) is 127 cm³/mol. The molecule has 2 aromatic rings. The number of piperidine rings is 1. The van der Waals surface area contributed by atoms with Crippen molar-refractivity contribution in [3.63, 3.8) is 0 Å². The van der Waals surface area contributed by atoms with Gasteiger partial charge in [-0.3, -0.25) is 14.7 Å². The van der Waals surface area contributed by atoms with Crippen LogP contribution in [0.15, 0.2) is 18.5 Å². The molecular formula is C25H31F2N5OS. The van der Waals surface area contributed by atoms with Gasteiger partial charge in [-0.05, 0) is 68.7 Å². The van der Waals surface area contributed by atoms with E-state index in [1.54, 1.807) is 6.20 Å². The Bertz CT molecular complexity index is 1090. The van der Waals surface area contributed by atoms with Crippen LogP contribution in [0.2, 0.25) is 0 Å². The van der Waals surface area contributed by atoms with Crippen molar-refractivity contribution in [2.45, 2.75) is 64.0 Å². The summed E-state index contributed by atoms with van der Waals surface area (Å²) in [6.45, 7) is 4.37. The van der Waals surface area contributed by atoms with Gasteiger partial charge in [-0.15, -0.1) is 0 Å². The summed E-state index contributed by atoms with van der Waals surface area (Å²) >= 11 is 1.37. The number of hydrogen-bond acceptors (Lipinski definition) is 6. The number of rotatable bonds is 5. The van der Waals surface area contributed by atoms with Gasteiger partial charge in [0.05, 0.1) is 24.6 Å². The Hall–Kier alpha value is -2.13. The van der Waals surface area contributed by atoms with Gasteiger partial charge in [0, 0.05) is 31.7 Å². The van der Waals surface area contributed by atoms with Gasteiger partial charge in [-0.1, -0.05) is 11.3 Å². The number of carbonyl (C=O) groups excluding carboxylic acids is 1. The highest BCUT2D eigenvalue weighted by Gasteiger charge is 2.73. The number of aromatic nitrogens is 2. The van der Waals surface area contributed by atoms with Crippen molar-refractivity contribution in [2.75, 3.05) is 31.1 Å². The Morgan fingerprint density at radius 1 is 1.09 bits per heavy atom. The molecule has 2 atom stereocenters. The van der Waals surface area contributed by atoms with Gasteiger partial charge in [-0.25, -0.2) is 13.8 Å². The molecule has 2 spiro atoms. The molecule has 9 heteroatoms. The van der Waals surface area contributed by atoms with E-state index in [0.29, 0.717) is 16.3 Å². The van der Waals surface area contributed by atoms with Gasteiger partial charge in [0.15, 0.2) is 5.13 Å². The molecule has 1 amide bonds. The van der Waals surface area contributed by atoms with E-state index in [4.69, 9.17) is 0 Å². The molecule has 0 bridgehead atoms. The van der Waals surface area contributed by atoms with Crippen LogP contribution in [0.3, 0.4) is 0 Å². The van der Waals surface area contributed by atoms with Crippen molar-refractivity contribution in [1.82, 2.24) is 20.2 Å². The Labute approximate surface area is 202 Å². The number of hydrogen-bond donors (Lipinski definition) is 1. The molecule has 4 fully saturated rings. The molecule has 2 saturated carbocycles. The van der Waals surface area contributed by atoms with Gasteiger partial charge < -0.3 is 10.2 Å². The number of fused-ring (bicyclic) bond motifs is 1. The van der Waals surface area contributed by atoms with Crippen LogP contribution in [-0.4, -0.2) is 53.0 Å². The Morgan fingerprint density at radius 2 is 1.97 bits per heavy atom. The summed E-state index contributed by atoms with van der Waals surface area (Å²) in [5.74, 6) is -1.82. The molecule has 4 heterocycles. The van der Waals surface area contributed by atoms with E-state index in [9.17, 15) is 13.6 Å². The number of likely N-dealkylation sites (tertiary alicyclic amines) is 1. The Kier molecular flexibility index (Phi) is 5.60. The van der Waals surface area contributed by atoms with E-state index >= 15 is 0 Å². The topological polar surface area (TPSA) is 61.4 Å². The first kappa shape index (κ1) is 22.3. The third-order valence-corrected chi connectivity index (χ3v) is 9.70. The summed E-state index contributed by atoms with van der Waals surface area (Å²) in [6.07, 6.45) is 13.2. The van der Waals surface area contributed by atoms with Crippen molar-refractivity contribution in [3.8, 4) is 0 Å². The molecule has 0 aromatic carbocycles. The van der Waals surface area contributed by atoms with Gasteiger partial charge in [0.1, 0.15) is 16.5 Å². The van der Waals surface area contributed by atoms with Crippen LogP contribution in [0, 0.1) is 22.5 Å². The SMILES string of the molecule is O=C(NCc1ncc(F)cc1F)c1cnc(N2CCCC(N3CCCC4(C3)CC43CC3)CC2)s1. The molecule has 2 aliphatic heterocycles. The molecule has 182 valence electrons. The third-order valence-electron chi connectivity index (χ3n) is 8.64. The van der Waals surface area contributed by atoms with Crippen molar-refractivity contribution in [2.24, 2.45) is 10.8 Å². The first-order valence-electron chi connectivity index (χ1n) is 12.5. The third kappa shape index (κ3) is 4.11. The second kappa shape index (κ2) is 8.52. The molecule has 34 heavy (non-hydrogen) atoms. The fourth-order valence-corrected chi connectivity index (χ4v) is 7.38. The van der Waals surface area contributed by atoms with Crippen molar-refractivity contribution < 1.29 is 13.6 Å². The van der Waals surface area contributed by atoms with Crippen molar-refractivity contribution in [3.05, 3.63) is 40.7 Å². The average molecular weight is 488 g/mol. The van der Waals surface area contributed by atoms with E-state index in [1.165, 1.54) is 63.0 Å². The molecule has 6 rings (SSSR count). The lowest BCUT2D eigenvalue weighted by Gasteiger charge is -2.39.